The van der Waals surface area contributed by atoms with Crippen molar-refractivity contribution in [3.8, 4) is 0 Å². The minimum Gasteiger partial charge on any atom is -0.387 e. The smallest absolute Gasteiger partial charge is 0.159 e. The zero-order chi connectivity index (χ0) is 12.6. The van der Waals surface area contributed by atoms with E-state index in [9.17, 15) is 13.9 Å². The maximum Gasteiger partial charge on any atom is 0.159 e. The molecule has 1 aliphatic heterocycles. The fraction of sp³-hybridized carbons (Fsp3) is 0.538. The van der Waals surface area contributed by atoms with Gasteiger partial charge in [-0.2, -0.15) is 0 Å². The molecule has 1 aromatic rings. The molecule has 0 radical (unpaired) electrons. The van der Waals surface area contributed by atoms with Gasteiger partial charge in [-0.15, -0.1) is 0 Å². The highest BCUT2D eigenvalue weighted by Gasteiger charge is 2.43. The number of β-amino-alcohol motifs (C(OH)–C–C–N with tert-alkyl or cyclic N) is 1. The zero-order valence-corrected chi connectivity index (χ0v) is 10.1. The van der Waals surface area contributed by atoms with Crippen LogP contribution in [0.25, 0.3) is 0 Å². The van der Waals surface area contributed by atoms with E-state index in [0.29, 0.717) is 19.6 Å². The van der Waals surface area contributed by atoms with Gasteiger partial charge in [-0.3, -0.25) is 4.90 Å². The summed E-state index contributed by atoms with van der Waals surface area (Å²) in [6.07, 6.45) is 0. The van der Waals surface area contributed by atoms with Gasteiger partial charge in [0.15, 0.2) is 11.6 Å². The summed E-state index contributed by atoms with van der Waals surface area (Å²) in [5.74, 6) is -1.43. The molecular formula is C13H17F2NO. The van der Waals surface area contributed by atoms with Gasteiger partial charge in [0.2, 0.25) is 0 Å². The summed E-state index contributed by atoms with van der Waals surface area (Å²) in [4.78, 5) is 2.02. The lowest BCUT2D eigenvalue weighted by atomic mass is 9.83. The molecule has 0 bridgehead atoms. The molecule has 0 amide bonds. The second-order valence-corrected chi connectivity index (χ2v) is 5.15. The molecule has 0 atom stereocenters. The van der Waals surface area contributed by atoms with Gasteiger partial charge in [0.25, 0.3) is 0 Å². The van der Waals surface area contributed by atoms with Crippen LogP contribution in [0, 0.1) is 17.6 Å². The maximum atomic E-state index is 13.0. The lowest BCUT2D eigenvalue weighted by Gasteiger charge is -2.49. The van der Waals surface area contributed by atoms with Crippen LogP contribution in [-0.2, 0) is 6.54 Å². The number of benzene rings is 1. The molecule has 1 N–H and O–H groups in total. The fourth-order valence-corrected chi connectivity index (χ4v) is 2.10. The third kappa shape index (κ3) is 2.48. The summed E-state index contributed by atoms with van der Waals surface area (Å²) in [6, 6.07) is 3.92. The van der Waals surface area contributed by atoms with Crippen molar-refractivity contribution in [2.75, 3.05) is 13.1 Å². The van der Waals surface area contributed by atoms with Crippen molar-refractivity contribution in [2.24, 2.45) is 5.92 Å². The number of hydrogen-bond acceptors (Lipinski definition) is 2. The Balaban J connectivity index is 1.94. The van der Waals surface area contributed by atoms with E-state index in [4.69, 9.17) is 0 Å². The van der Waals surface area contributed by atoms with E-state index >= 15 is 0 Å². The third-order valence-corrected chi connectivity index (χ3v) is 3.46. The van der Waals surface area contributed by atoms with Crippen molar-refractivity contribution in [3.63, 3.8) is 0 Å². The first-order chi connectivity index (χ1) is 7.90. The predicted molar refractivity (Wildman–Crippen MR) is 61.4 cm³/mol. The molecule has 1 aliphatic rings. The molecule has 1 fully saturated rings. The Morgan fingerprint density at radius 2 is 1.94 bits per heavy atom. The lowest BCUT2D eigenvalue weighted by molar-refractivity contribution is -0.130. The van der Waals surface area contributed by atoms with Crippen LogP contribution in [0.5, 0.6) is 0 Å². The molecule has 2 nitrogen and oxygen atoms in total. The van der Waals surface area contributed by atoms with E-state index in [1.807, 2.05) is 18.7 Å². The van der Waals surface area contributed by atoms with Gasteiger partial charge in [-0.1, -0.05) is 19.9 Å². The summed E-state index contributed by atoms with van der Waals surface area (Å²) >= 11 is 0. The number of hydrogen-bond donors (Lipinski definition) is 1. The van der Waals surface area contributed by atoms with Gasteiger partial charge in [0, 0.05) is 19.6 Å². The van der Waals surface area contributed by atoms with E-state index in [-0.39, 0.29) is 5.92 Å². The van der Waals surface area contributed by atoms with Crippen LogP contribution in [-0.4, -0.2) is 28.7 Å². The first kappa shape index (κ1) is 12.5. The Morgan fingerprint density at radius 3 is 2.47 bits per heavy atom. The van der Waals surface area contributed by atoms with Crippen LogP contribution in [0.1, 0.15) is 19.4 Å². The van der Waals surface area contributed by atoms with Crippen molar-refractivity contribution < 1.29 is 13.9 Å². The quantitative estimate of drug-likeness (QED) is 0.876. The number of likely N-dealkylation sites (tertiary alicyclic amines) is 1. The first-order valence-corrected chi connectivity index (χ1v) is 5.79. The summed E-state index contributed by atoms with van der Waals surface area (Å²) in [5.41, 5.74) is 0.105. The molecule has 2 rings (SSSR count). The highest BCUT2D eigenvalue weighted by molar-refractivity contribution is 5.18. The van der Waals surface area contributed by atoms with Crippen molar-refractivity contribution >= 4 is 0 Å². The predicted octanol–water partition coefficient (Wildman–Crippen LogP) is 2.17. The van der Waals surface area contributed by atoms with Crippen molar-refractivity contribution in [3.05, 3.63) is 35.4 Å². The molecule has 1 heterocycles. The van der Waals surface area contributed by atoms with Crippen LogP contribution in [0.3, 0.4) is 0 Å². The van der Waals surface area contributed by atoms with Gasteiger partial charge in [-0.05, 0) is 23.6 Å². The van der Waals surface area contributed by atoms with E-state index in [0.717, 1.165) is 11.6 Å². The Bertz CT molecular complexity index is 414. The monoisotopic (exact) mass is 241 g/mol. The molecule has 1 saturated heterocycles. The van der Waals surface area contributed by atoms with E-state index in [1.165, 1.54) is 6.07 Å². The molecule has 0 saturated carbocycles. The molecule has 0 aromatic heterocycles. The van der Waals surface area contributed by atoms with Gasteiger partial charge >= 0.3 is 0 Å². The van der Waals surface area contributed by atoms with Crippen LogP contribution in [0.4, 0.5) is 8.78 Å². The average Bonchev–Trinajstić information content (AvgIpc) is 2.20. The molecule has 0 spiro atoms. The number of rotatable bonds is 3. The summed E-state index contributed by atoms with van der Waals surface area (Å²) in [6.45, 7) is 5.68. The minimum absolute atomic E-state index is 0.212. The summed E-state index contributed by atoms with van der Waals surface area (Å²) in [7, 11) is 0. The lowest BCUT2D eigenvalue weighted by Crippen LogP contribution is -2.63. The Morgan fingerprint density at radius 1 is 1.29 bits per heavy atom. The number of nitrogens with zero attached hydrogens (tertiary/aromatic N) is 1. The zero-order valence-electron chi connectivity index (χ0n) is 10.1. The minimum atomic E-state index is -0.823. The Hall–Kier alpha value is -1.00. The maximum absolute atomic E-state index is 13.0. The van der Waals surface area contributed by atoms with Crippen molar-refractivity contribution in [1.82, 2.24) is 4.90 Å². The molecule has 0 aliphatic carbocycles. The standard InChI is InChI=1S/C13H17F2NO/c1-9(2)13(17)7-16(8-13)6-10-3-4-11(14)12(15)5-10/h3-5,9,17H,6-8H2,1-2H3. The Kier molecular flexibility index (Phi) is 3.19. The molecule has 4 heteroatoms. The largest absolute Gasteiger partial charge is 0.387 e. The van der Waals surface area contributed by atoms with Gasteiger partial charge in [-0.25, -0.2) is 8.78 Å². The van der Waals surface area contributed by atoms with E-state index in [1.54, 1.807) is 6.07 Å². The average molecular weight is 241 g/mol. The topological polar surface area (TPSA) is 23.5 Å². The molecule has 17 heavy (non-hydrogen) atoms. The van der Waals surface area contributed by atoms with Crippen molar-refractivity contribution in [2.45, 2.75) is 26.0 Å². The van der Waals surface area contributed by atoms with Gasteiger partial charge < -0.3 is 5.11 Å². The highest BCUT2D eigenvalue weighted by atomic mass is 19.2. The van der Waals surface area contributed by atoms with Crippen LogP contribution >= 0.6 is 0 Å². The van der Waals surface area contributed by atoms with Crippen molar-refractivity contribution in [1.29, 1.82) is 0 Å². The Labute approximate surface area is 99.9 Å². The second kappa shape index (κ2) is 4.35. The number of halogens is 2. The first-order valence-electron chi connectivity index (χ1n) is 5.79. The molecule has 94 valence electrons. The van der Waals surface area contributed by atoms with E-state index < -0.39 is 17.2 Å². The fourth-order valence-electron chi connectivity index (χ4n) is 2.10. The van der Waals surface area contributed by atoms with E-state index in [2.05, 4.69) is 0 Å². The molecular weight excluding hydrogens is 224 g/mol. The third-order valence-electron chi connectivity index (χ3n) is 3.46. The van der Waals surface area contributed by atoms with Gasteiger partial charge in [0.1, 0.15) is 0 Å². The normalized spacial score (nSPS) is 19.4. The molecule has 0 unspecified atom stereocenters. The molecule has 1 aromatic carbocycles. The highest BCUT2D eigenvalue weighted by Crippen LogP contribution is 2.29. The second-order valence-electron chi connectivity index (χ2n) is 5.15. The van der Waals surface area contributed by atoms with Crippen LogP contribution in [0.15, 0.2) is 18.2 Å². The summed E-state index contributed by atoms with van der Waals surface area (Å²) in [5, 5.41) is 10.1. The van der Waals surface area contributed by atoms with Crippen LogP contribution in [0.2, 0.25) is 0 Å². The SMILES string of the molecule is CC(C)C1(O)CN(Cc2ccc(F)c(F)c2)C1. The summed E-state index contributed by atoms with van der Waals surface area (Å²) < 4.78 is 25.7. The van der Waals surface area contributed by atoms with Crippen LogP contribution < -0.4 is 0 Å². The van der Waals surface area contributed by atoms with Gasteiger partial charge in [0.05, 0.1) is 5.60 Å². The number of aliphatic hydroxyl groups is 1.